The molecule has 0 spiro atoms. The predicted molar refractivity (Wildman–Crippen MR) is 62.1 cm³/mol. The van der Waals surface area contributed by atoms with Gasteiger partial charge in [0.15, 0.2) is 0 Å². The summed E-state index contributed by atoms with van der Waals surface area (Å²) in [5.74, 6) is 0. The lowest BCUT2D eigenvalue weighted by molar-refractivity contribution is 0.862. The van der Waals surface area contributed by atoms with E-state index in [1.165, 1.54) is 16.7 Å². The van der Waals surface area contributed by atoms with Gasteiger partial charge in [-0.3, -0.25) is 0 Å². The van der Waals surface area contributed by atoms with Crippen molar-refractivity contribution in [1.29, 1.82) is 5.26 Å². The van der Waals surface area contributed by atoms with Crippen LogP contribution < -0.4 is 0 Å². The monoisotopic (exact) mass is 197 g/mol. The Morgan fingerprint density at radius 3 is 2.80 bits per heavy atom. The summed E-state index contributed by atoms with van der Waals surface area (Å²) in [7, 11) is 0. The van der Waals surface area contributed by atoms with E-state index in [9.17, 15) is 0 Å². The summed E-state index contributed by atoms with van der Waals surface area (Å²) >= 11 is 0. The summed E-state index contributed by atoms with van der Waals surface area (Å²) in [4.78, 5) is 0. The standard InChI is InChI=1S/C14H15N/c1-11-7-8-14(13(9-11)10-15)12-5-3-2-4-6-12/h2-3,5,9H,4,6-8H2,1H3. The molecule has 2 aliphatic rings. The van der Waals surface area contributed by atoms with Crippen LogP contribution in [0.1, 0.15) is 32.6 Å². The zero-order valence-electron chi connectivity index (χ0n) is 9.09. The van der Waals surface area contributed by atoms with Gasteiger partial charge in [0.05, 0.1) is 11.6 Å². The molecule has 0 amide bonds. The summed E-state index contributed by atoms with van der Waals surface area (Å²) in [5, 5.41) is 9.11. The normalized spacial score (nSPS) is 20.8. The fourth-order valence-corrected chi connectivity index (χ4v) is 2.15. The maximum absolute atomic E-state index is 9.11. The summed E-state index contributed by atoms with van der Waals surface area (Å²) < 4.78 is 0. The first-order valence-electron chi connectivity index (χ1n) is 5.48. The molecule has 0 radical (unpaired) electrons. The van der Waals surface area contributed by atoms with Gasteiger partial charge in [-0.25, -0.2) is 0 Å². The molecule has 0 heterocycles. The SMILES string of the molecule is CC1=CC(C#N)=C(C2=CC=CCC2)CC1. The van der Waals surface area contributed by atoms with Crippen LogP contribution in [0.15, 0.2) is 46.6 Å². The van der Waals surface area contributed by atoms with E-state index >= 15 is 0 Å². The van der Waals surface area contributed by atoms with Crippen molar-refractivity contribution < 1.29 is 0 Å². The van der Waals surface area contributed by atoms with Crippen molar-refractivity contribution in [3.05, 3.63) is 46.6 Å². The Labute approximate surface area is 91.1 Å². The Morgan fingerprint density at radius 1 is 1.27 bits per heavy atom. The minimum absolute atomic E-state index is 0.875. The van der Waals surface area contributed by atoms with Crippen LogP contribution in [-0.4, -0.2) is 0 Å². The van der Waals surface area contributed by atoms with Crippen molar-refractivity contribution in [2.24, 2.45) is 0 Å². The third kappa shape index (κ3) is 2.10. The molecule has 1 nitrogen and oxygen atoms in total. The Kier molecular flexibility index (Phi) is 2.87. The van der Waals surface area contributed by atoms with Gasteiger partial charge in [-0.1, -0.05) is 23.8 Å². The first-order chi connectivity index (χ1) is 7.31. The lowest BCUT2D eigenvalue weighted by Gasteiger charge is -2.18. The molecule has 0 unspecified atom stereocenters. The zero-order chi connectivity index (χ0) is 10.7. The van der Waals surface area contributed by atoms with Crippen molar-refractivity contribution >= 4 is 0 Å². The van der Waals surface area contributed by atoms with Gasteiger partial charge in [-0.15, -0.1) is 0 Å². The van der Waals surface area contributed by atoms with E-state index in [1.807, 2.05) is 6.08 Å². The summed E-state index contributed by atoms with van der Waals surface area (Å²) in [6, 6.07) is 2.32. The number of nitrogens with zero attached hydrogens (tertiary/aromatic N) is 1. The summed E-state index contributed by atoms with van der Waals surface area (Å²) in [6.45, 7) is 2.10. The van der Waals surface area contributed by atoms with E-state index in [2.05, 4.69) is 31.2 Å². The van der Waals surface area contributed by atoms with Gasteiger partial charge in [0.25, 0.3) is 0 Å². The van der Waals surface area contributed by atoms with Gasteiger partial charge in [0, 0.05) is 0 Å². The summed E-state index contributed by atoms with van der Waals surface area (Å²) in [6.07, 6.45) is 12.8. The Bertz CT molecular complexity index is 425. The highest BCUT2D eigenvalue weighted by Gasteiger charge is 2.15. The van der Waals surface area contributed by atoms with Crippen LogP contribution in [0.25, 0.3) is 0 Å². The van der Waals surface area contributed by atoms with Crippen molar-refractivity contribution in [1.82, 2.24) is 0 Å². The molecule has 0 saturated carbocycles. The fraction of sp³-hybridized carbons (Fsp3) is 0.357. The lowest BCUT2D eigenvalue weighted by atomic mass is 9.86. The second-order valence-electron chi connectivity index (χ2n) is 4.15. The van der Waals surface area contributed by atoms with E-state index in [0.717, 1.165) is 31.3 Å². The number of allylic oxidation sites excluding steroid dienone is 8. The molecule has 15 heavy (non-hydrogen) atoms. The highest BCUT2D eigenvalue weighted by Crippen LogP contribution is 2.32. The smallest absolute Gasteiger partial charge is 0.0994 e. The molecule has 0 fully saturated rings. The molecule has 0 aliphatic heterocycles. The maximum atomic E-state index is 9.11. The predicted octanol–water partition coefficient (Wildman–Crippen LogP) is 3.82. The highest BCUT2D eigenvalue weighted by molar-refractivity contribution is 5.51. The minimum atomic E-state index is 0.875. The molecule has 2 rings (SSSR count). The second-order valence-corrected chi connectivity index (χ2v) is 4.15. The van der Waals surface area contributed by atoms with Crippen LogP contribution in [0.4, 0.5) is 0 Å². The molecule has 0 saturated heterocycles. The van der Waals surface area contributed by atoms with E-state index in [1.54, 1.807) is 0 Å². The van der Waals surface area contributed by atoms with Gasteiger partial charge in [-0.05, 0) is 49.8 Å². The molecule has 0 atom stereocenters. The molecule has 76 valence electrons. The number of hydrogen-bond acceptors (Lipinski definition) is 1. The lowest BCUT2D eigenvalue weighted by Crippen LogP contribution is -2.01. The molecule has 0 N–H and O–H groups in total. The van der Waals surface area contributed by atoms with Gasteiger partial charge in [0.2, 0.25) is 0 Å². The molecule has 0 aromatic heterocycles. The van der Waals surface area contributed by atoms with Crippen molar-refractivity contribution in [3.8, 4) is 6.07 Å². The maximum Gasteiger partial charge on any atom is 0.0994 e. The van der Waals surface area contributed by atoms with Crippen LogP contribution in [0, 0.1) is 11.3 Å². The Balaban J connectivity index is 2.38. The van der Waals surface area contributed by atoms with Crippen molar-refractivity contribution in [3.63, 3.8) is 0 Å². The van der Waals surface area contributed by atoms with Crippen molar-refractivity contribution in [2.45, 2.75) is 32.6 Å². The fourth-order valence-electron chi connectivity index (χ4n) is 2.15. The zero-order valence-corrected chi connectivity index (χ0v) is 9.09. The molecule has 2 aliphatic carbocycles. The van der Waals surface area contributed by atoms with E-state index < -0.39 is 0 Å². The van der Waals surface area contributed by atoms with Gasteiger partial charge in [-0.2, -0.15) is 5.26 Å². The Hall–Kier alpha value is -1.55. The van der Waals surface area contributed by atoms with Gasteiger partial charge >= 0.3 is 0 Å². The van der Waals surface area contributed by atoms with Crippen LogP contribution in [0.5, 0.6) is 0 Å². The molecular formula is C14H15N. The Morgan fingerprint density at radius 2 is 2.13 bits per heavy atom. The average molecular weight is 197 g/mol. The quantitative estimate of drug-likeness (QED) is 0.626. The first-order valence-corrected chi connectivity index (χ1v) is 5.48. The molecule has 1 heteroatoms. The largest absolute Gasteiger partial charge is 0.192 e. The minimum Gasteiger partial charge on any atom is -0.192 e. The topological polar surface area (TPSA) is 23.8 Å². The third-order valence-corrected chi connectivity index (χ3v) is 3.01. The number of nitriles is 1. The van der Waals surface area contributed by atoms with E-state index in [4.69, 9.17) is 5.26 Å². The number of rotatable bonds is 1. The second kappa shape index (κ2) is 4.31. The van der Waals surface area contributed by atoms with Crippen LogP contribution in [0.2, 0.25) is 0 Å². The summed E-state index contributed by atoms with van der Waals surface area (Å²) in [5.41, 5.74) is 4.83. The van der Waals surface area contributed by atoms with Crippen LogP contribution in [-0.2, 0) is 0 Å². The van der Waals surface area contributed by atoms with Crippen molar-refractivity contribution in [2.75, 3.05) is 0 Å². The van der Waals surface area contributed by atoms with Crippen LogP contribution >= 0.6 is 0 Å². The highest BCUT2D eigenvalue weighted by atomic mass is 14.3. The molecule has 0 aromatic rings. The third-order valence-electron chi connectivity index (χ3n) is 3.01. The van der Waals surface area contributed by atoms with Crippen LogP contribution in [0.3, 0.4) is 0 Å². The molecular weight excluding hydrogens is 182 g/mol. The first kappa shape index (κ1) is 9.98. The van der Waals surface area contributed by atoms with Gasteiger partial charge < -0.3 is 0 Å². The number of hydrogen-bond donors (Lipinski definition) is 0. The average Bonchev–Trinajstić information content (AvgIpc) is 2.30. The van der Waals surface area contributed by atoms with E-state index in [0.29, 0.717) is 0 Å². The molecule has 0 aromatic carbocycles. The van der Waals surface area contributed by atoms with Gasteiger partial charge in [0.1, 0.15) is 0 Å². The molecule has 0 bridgehead atoms. The van der Waals surface area contributed by atoms with E-state index in [-0.39, 0.29) is 0 Å².